The molecule has 0 amide bonds. The third-order valence-corrected chi connectivity index (χ3v) is 16.2. The summed E-state index contributed by atoms with van der Waals surface area (Å²) in [4.78, 5) is 39.5. The van der Waals surface area contributed by atoms with Crippen LogP contribution in [0.5, 0.6) is 0 Å². The molecule has 0 saturated heterocycles. The highest BCUT2D eigenvalue weighted by molar-refractivity contribution is 5.88. The average molecular weight is 769 g/mol. The number of aliphatic hydroxyl groups excluding tert-OH is 3. The topological polar surface area (TPSA) is 140 Å². The zero-order chi connectivity index (χ0) is 41.5. The van der Waals surface area contributed by atoms with Crippen molar-refractivity contribution in [2.45, 2.75) is 159 Å². The second kappa shape index (κ2) is 16.2. The van der Waals surface area contributed by atoms with Gasteiger partial charge in [-0.25, -0.2) is 14.4 Å². The van der Waals surface area contributed by atoms with E-state index in [0.29, 0.717) is 42.4 Å². The Morgan fingerprint density at radius 1 is 0.727 bits per heavy atom. The number of fused-ring (bicyclic) bond motifs is 2. The van der Waals surface area contributed by atoms with Gasteiger partial charge in [-0.05, 0) is 132 Å². The number of allylic oxidation sites excluding steroid dienone is 4. The van der Waals surface area contributed by atoms with E-state index in [4.69, 9.17) is 14.2 Å². The molecule has 0 aromatic carbocycles. The van der Waals surface area contributed by atoms with Crippen LogP contribution in [-0.4, -0.2) is 70.9 Å². The van der Waals surface area contributed by atoms with Gasteiger partial charge in [-0.15, -0.1) is 6.58 Å². The fourth-order valence-electron chi connectivity index (χ4n) is 12.0. The highest BCUT2D eigenvalue weighted by Gasteiger charge is 2.71. The lowest BCUT2D eigenvalue weighted by molar-refractivity contribution is -0.280. The number of hydrogen-bond acceptors (Lipinski definition) is 9. The van der Waals surface area contributed by atoms with Crippen molar-refractivity contribution in [2.24, 2.45) is 50.2 Å². The summed E-state index contributed by atoms with van der Waals surface area (Å²) in [5.74, 6) is -1.55. The number of carbonyl (C=O) groups excluding carboxylic acids is 3. The van der Waals surface area contributed by atoms with Crippen LogP contribution in [-0.2, 0) is 28.6 Å². The Bertz CT molecular complexity index is 1570. The maximum absolute atomic E-state index is 13.5. The lowest BCUT2D eigenvalue weighted by Gasteiger charge is -2.70. The lowest BCUT2D eigenvalue weighted by atomic mass is 9.35. The number of hydrogen-bond donors (Lipinski definition) is 3. The Hall–Kier alpha value is -2.75. The summed E-state index contributed by atoms with van der Waals surface area (Å²) in [5, 5.41) is 36.4. The molecule has 0 aromatic rings. The van der Waals surface area contributed by atoms with Crippen molar-refractivity contribution in [1.82, 2.24) is 0 Å². The van der Waals surface area contributed by atoms with E-state index in [1.54, 1.807) is 52.8 Å². The molecule has 4 fully saturated rings. The molecule has 55 heavy (non-hydrogen) atoms. The summed E-state index contributed by atoms with van der Waals surface area (Å²) < 4.78 is 18.1. The van der Waals surface area contributed by atoms with Gasteiger partial charge in [0, 0.05) is 22.1 Å². The highest BCUT2D eigenvalue weighted by atomic mass is 16.6. The van der Waals surface area contributed by atoms with Crippen LogP contribution in [0.4, 0.5) is 0 Å². The molecule has 0 radical (unpaired) electrons. The fraction of sp³-hybridized carbons (Fsp3) is 0.761. The quantitative estimate of drug-likeness (QED) is 0.0822. The van der Waals surface area contributed by atoms with Gasteiger partial charge in [-0.2, -0.15) is 0 Å². The standard InChI is InChI=1S/C46H72O9/c1-14-18-33-43(11)21-20-34(47)44(12,26-53-38(50)28(5)15-2)32(43)19-22-45(33,13)42(10)24-31-23-41(8,9)36(49)37(55-40(52)30(7)17-4)46(31,35(48)25-42)27-54-39(51)29(6)16-3/h14-17,31-37,47-49H,1,18-27H2,2-13H3/b28-15+,29-16+,30-17+/t31?,32?,33?,34-,35+,36-,37-,42-,43-,44+,45+,46-/m0/s1. The number of rotatable bonds is 11. The second-order valence-electron chi connectivity index (χ2n) is 19.5. The first kappa shape index (κ1) is 45.0. The third kappa shape index (κ3) is 7.56. The molecule has 0 aromatic heterocycles. The minimum atomic E-state index is -1.25. The third-order valence-electron chi connectivity index (χ3n) is 16.2. The number of aliphatic hydroxyl groups is 3. The van der Waals surface area contributed by atoms with Gasteiger partial charge in [-0.3, -0.25) is 0 Å². The molecule has 3 N–H and O–H groups in total. The maximum Gasteiger partial charge on any atom is 0.333 e. The predicted octanol–water partition coefficient (Wildman–Crippen LogP) is 8.21. The van der Waals surface area contributed by atoms with Crippen molar-refractivity contribution in [3.8, 4) is 0 Å². The molecule has 4 aliphatic carbocycles. The van der Waals surface area contributed by atoms with Crippen LogP contribution in [0.3, 0.4) is 0 Å². The number of esters is 3. The van der Waals surface area contributed by atoms with Gasteiger partial charge >= 0.3 is 17.9 Å². The zero-order valence-electron chi connectivity index (χ0n) is 35.9. The van der Waals surface area contributed by atoms with Gasteiger partial charge in [0.1, 0.15) is 12.7 Å². The van der Waals surface area contributed by atoms with Gasteiger partial charge in [-0.1, -0.05) is 65.8 Å². The van der Waals surface area contributed by atoms with Crippen LogP contribution >= 0.6 is 0 Å². The first-order valence-electron chi connectivity index (χ1n) is 20.6. The summed E-state index contributed by atoms with van der Waals surface area (Å²) in [6.07, 6.45) is 8.42. The Morgan fingerprint density at radius 2 is 1.27 bits per heavy atom. The van der Waals surface area contributed by atoms with Crippen molar-refractivity contribution in [2.75, 3.05) is 13.2 Å². The van der Waals surface area contributed by atoms with Crippen LogP contribution in [0.2, 0.25) is 0 Å². The molecule has 4 rings (SSSR count). The van der Waals surface area contributed by atoms with Crippen LogP contribution in [0, 0.1) is 50.2 Å². The molecule has 310 valence electrons. The van der Waals surface area contributed by atoms with Crippen molar-refractivity contribution >= 4 is 17.9 Å². The van der Waals surface area contributed by atoms with E-state index in [9.17, 15) is 29.7 Å². The molecule has 9 nitrogen and oxygen atoms in total. The largest absolute Gasteiger partial charge is 0.462 e. The average Bonchev–Trinajstić information content (AvgIpc) is 3.13. The summed E-state index contributed by atoms with van der Waals surface area (Å²) in [6, 6.07) is 0. The monoisotopic (exact) mass is 769 g/mol. The Morgan fingerprint density at radius 3 is 1.82 bits per heavy atom. The highest BCUT2D eigenvalue weighted by Crippen LogP contribution is 2.73. The van der Waals surface area contributed by atoms with E-state index in [-0.39, 0.29) is 47.8 Å². The van der Waals surface area contributed by atoms with Gasteiger partial charge in [0.2, 0.25) is 0 Å². The SMILES string of the molecule is C=CCC1[C@@]2(C)CC[C@H](O)[C@](C)(COC(=O)/C(C)=C/C)C2CC[C@@]1(C)[C@@]1(C)CC2CC(C)(C)[C@@H](O)[C@H](OC(=O)/C(C)=C/C)[C@]2(COC(=O)/C(C)=C/C)[C@H](O)C1. The second-order valence-corrected chi connectivity index (χ2v) is 19.5. The van der Waals surface area contributed by atoms with E-state index < -0.39 is 58.0 Å². The summed E-state index contributed by atoms with van der Waals surface area (Å²) >= 11 is 0. The molecule has 0 spiro atoms. The van der Waals surface area contributed by atoms with Crippen LogP contribution in [0.15, 0.2) is 47.6 Å². The number of carbonyl (C=O) groups is 3. The zero-order valence-corrected chi connectivity index (χ0v) is 35.9. The van der Waals surface area contributed by atoms with Gasteiger partial charge < -0.3 is 29.5 Å². The Labute approximate surface area is 331 Å². The molecule has 4 saturated carbocycles. The summed E-state index contributed by atoms with van der Waals surface area (Å²) in [6.45, 7) is 27.6. The Kier molecular flexibility index (Phi) is 13.3. The lowest BCUT2D eigenvalue weighted by Crippen LogP contribution is -2.71. The Balaban J connectivity index is 1.82. The molecule has 0 heterocycles. The predicted molar refractivity (Wildman–Crippen MR) is 214 cm³/mol. The van der Waals surface area contributed by atoms with Crippen LogP contribution in [0.1, 0.15) is 134 Å². The van der Waals surface area contributed by atoms with E-state index in [1.807, 2.05) is 26.8 Å². The van der Waals surface area contributed by atoms with E-state index in [2.05, 4.69) is 34.3 Å². The number of ether oxygens (including phenoxy) is 3. The normalized spacial score (nSPS) is 42.0. The van der Waals surface area contributed by atoms with Crippen molar-refractivity contribution in [3.05, 3.63) is 47.6 Å². The van der Waals surface area contributed by atoms with Crippen LogP contribution in [0.25, 0.3) is 0 Å². The van der Waals surface area contributed by atoms with E-state index in [1.165, 1.54) is 0 Å². The van der Waals surface area contributed by atoms with Gasteiger partial charge in [0.25, 0.3) is 0 Å². The maximum atomic E-state index is 13.5. The molecule has 0 aliphatic heterocycles. The smallest absolute Gasteiger partial charge is 0.333 e. The van der Waals surface area contributed by atoms with Crippen molar-refractivity contribution < 1.29 is 43.9 Å². The minimum Gasteiger partial charge on any atom is -0.462 e. The molecule has 0 bridgehead atoms. The molecule has 4 aliphatic rings. The first-order valence-corrected chi connectivity index (χ1v) is 20.6. The molecular formula is C46H72O9. The van der Waals surface area contributed by atoms with Crippen LogP contribution < -0.4 is 0 Å². The van der Waals surface area contributed by atoms with Crippen molar-refractivity contribution in [3.63, 3.8) is 0 Å². The molecule has 3 unspecified atom stereocenters. The molecule has 9 heteroatoms. The van der Waals surface area contributed by atoms with Crippen molar-refractivity contribution in [1.29, 1.82) is 0 Å². The van der Waals surface area contributed by atoms with Gasteiger partial charge in [0.15, 0.2) is 0 Å². The van der Waals surface area contributed by atoms with Gasteiger partial charge in [0.05, 0.1) is 30.3 Å². The molecule has 12 atom stereocenters. The fourth-order valence-corrected chi connectivity index (χ4v) is 12.0. The first-order chi connectivity index (χ1) is 25.5. The van der Waals surface area contributed by atoms with E-state index in [0.717, 1.165) is 25.7 Å². The van der Waals surface area contributed by atoms with E-state index >= 15 is 0 Å². The minimum absolute atomic E-state index is 0.0633. The summed E-state index contributed by atoms with van der Waals surface area (Å²) in [7, 11) is 0. The summed E-state index contributed by atoms with van der Waals surface area (Å²) in [5.41, 5.74) is -2.22. The molecular weight excluding hydrogens is 696 g/mol.